The average Bonchev–Trinajstić information content (AvgIpc) is 3.55. The number of Topliss-reactive ketones (excluding diaryl/α,β-unsaturated/α-hetero) is 1. The van der Waals surface area contributed by atoms with Crippen LogP contribution in [-0.2, 0) is 21.2 Å². The van der Waals surface area contributed by atoms with Gasteiger partial charge in [0.25, 0.3) is 10.0 Å². The summed E-state index contributed by atoms with van der Waals surface area (Å²) in [5.74, 6) is -0.573. The van der Waals surface area contributed by atoms with E-state index < -0.39 is 22.4 Å². The van der Waals surface area contributed by atoms with E-state index in [1.54, 1.807) is 30.3 Å². The lowest BCUT2D eigenvalue weighted by Crippen LogP contribution is -2.40. The molecule has 1 atom stereocenters. The zero-order chi connectivity index (χ0) is 26.9. The van der Waals surface area contributed by atoms with E-state index in [0.717, 1.165) is 0 Å². The maximum atomic E-state index is 13.3. The number of nitrogens with zero attached hydrogens (tertiary/aromatic N) is 3. The van der Waals surface area contributed by atoms with Crippen molar-refractivity contribution in [1.82, 2.24) is 14.3 Å². The van der Waals surface area contributed by atoms with Gasteiger partial charge in [0.1, 0.15) is 17.7 Å². The molecule has 0 radical (unpaired) electrons. The minimum absolute atomic E-state index is 0.0611. The Morgan fingerprint density at radius 2 is 1.84 bits per heavy atom. The lowest BCUT2D eigenvalue weighted by molar-refractivity contribution is -0.274. The Morgan fingerprint density at radius 3 is 2.58 bits per heavy atom. The summed E-state index contributed by atoms with van der Waals surface area (Å²) in [4.78, 5) is 21.4. The zero-order valence-electron chi connectivity index (χ0n) is 19.9. The molecule has 0 aliphatic carbocycles. The highest BCUT2D eigenvalue weighted by molar-refractivity contribution is 7.89. The third kappa shape index (κ3) is 5.55. The zero-order valence-corrected chi connectivity index (χ0v) is 20.7. The highest BCUT2D eigenvalue weighted by Gasteiger charge is 2.40. The molecule has 4 aromatic rings. The molecule has 0 N–H and O–H groups in total. The van der Waals surface area contributed by atoms with Crippen molar-refractivity contribution in [3.05, 3.63) is 72.7 Å². The van der Waals surface area contributed by atoms with E-state index in [-0.39, 0.29) is 36.0 Å². The van der Waals surface area contributed by atoms with E-state index in [4.69, 9.17) is 4.42 Å². The topological polar surface area (TPSA) is 103 Å². The van der Waals surface area contributed by atoms with E-state index >= 15 is 0 Å². The predicted octanol–water partition coefficient (Wildman–Crippen LogP) is 5.14. The number of carbonyl (C=O) groups excluding carboxylic acids is 1. The Balaban J connectivity index is 1.26. The number of sulfonamides is 1. The molecular formula is C26H22F3N3O5S. The second-order valence-electron chi connectivity index (χ2n) is 8.81. The summed E-state index contributed by atoms with van der Waals surface area (Å²) in [6, 6.07) is 14.5. The first-order valence-corrected chi connectivity index (χ1v) is 13.2. The van der Waals surface area contributed by atoms with Crippen molar-refractivity contribution in [2.45, 2.75) is 43.2 Å². The largest absolute Gasteiger partial charge is 0.573 e. The Morgan fingerprint density at radius 1 is 1.08 bits per heavy atom. The molecule has 1 aliphatic rings. The number of aryl methyl sites for hydroxylation is 1. The molecule has 1 aliphatic heterocycles. The average molecular weight is 546 g/mol. The van der Waals surface area contributed by atoms with Crippen molar-refractivity contribution in [2.24, 2.45) is 0 Å². The summed E-state index contributed by atoms with van der Waals surface area (Å²) in [7, 11) is -4.00. The highest BCUT2D eigenvalue weighted by Crippen LogP contribution is 2.31. The van der Waals surface area contributed by atoms with Gasteiger partial charge in [-0.15, -0.1) is 13.2 Å². The second kappa shape index (κ2) is 10.2. The van der Waals surface area contributed by atoms with Gasteiger partial charge in [0.05, 0.1) is 11.7 Å². The van der Waals surface area contributed by atoms with Crippen LogP contribution in [0.1, 0.15) is 25.0 Å². The molecule has 1 unspecified atom stereocenters. The number of furan rings is 1. The second-order valence-corrected chi connectivity index (χ2v) is 10.6. The van der Waals surface area contributed by atoms with Gasteiger partial charge < -0.3 is 9.15 Å². The predicted molar refractivity (Wildman–Crippen MR) is 131 cm³/mol. The Bertz CT molecular complexity index is 1540. The first-order chi connectivity index (χ1) is 18.1. The molecule has 3 heterocycles. The lowest BCUT2D eigenvalue weighted by atomic mass is 10.0. The fourth-order valence-corrected chi connectivity index (χ4v) is 6.12. The van der Waals surface area contributed by atoms with E-state index in [2.05, 4.69) is 14.7 Å². The number of para-hydroxylation sites is 1. The molecule has 38 heavy (non-hydrogen) atoms. The van der Waals surface area contributed by atoms with Gasteiger partial charge in [-0.2, -0.15) is 4.31 Å². The molecule has 0 spiro atoms. The molecule has 1 fully saturated rings. The monoisotopic (exact) mass is 545 g/mol. The summed E-state index contributed by atoms with van der Waals surface area (Å²) in [6.07, 6.45) is -2.19. The van der Waals surface area contributed by atoms with Gasteiger partial charge >= 0.3 is 6.36 Å². The summed E-state index contributed by atoms with van der Waals surface area (Å²) < 4.78 is 74.4. The first kappa shape index (κ1) is 25.9. The van der Waals surface area contributed by atoms with Crippen LogP contribution in [-0.4, -0.2) is 47.4 Å². The number of aromatic nitrogens is 2. The van der Waals surface area contributed by atoms with Crippen LogP contribution in [0.25, 0.3) is 22.2 Å². The van der Waals surface area contributed by atoms with E-state index in [1.165, 1.54) is 41.0 Å². The third-order valence-electron chi connectivity index (χ3n) is 6.28. The molecule has 12 heteroatoms. The number of ether oxygens (including phenoxy) is 1. The minimum Gasteiger partial charge on any atom is -0.443 e. The van der Waals surface area contributed by atoms with Crippen molar-refractivity contribution >= 4 is 26.8 Å². The van der Waals surface area contributed by atoms with Crippen LogP contribution in [0.5, 0.6) is 5.75 Å². The van der Waals surface area contributed by atoms with Gasteiger partial charge in [-0.3, -0.25) is 4.79 Å². The number of fused-ring (bicyclic) bond motifs is 1. The van der Waals surface area contributed by atoms with Crippen LogP contribution in [0.2, 0.25) is 0 Å². The number of carbonyl (C=O) groups is 1. The summed E-state index contributed by atoms with van der Waals surface area (Å²) in [5.41, 5.74) is 2.02. The van der Waals surface area contributed by atoms with Gasteiger partial charge in [-0.1, -0.05) is 18.2 Å². The van der Waals surface area contributed by atoms with Crippen molar-refractivity contribution in [3.8, 4) is 17.0 Å². The molecule has 198 valence electrons. The van der Waals surface area contributed by atoms with Crippen molar-refractivity contribution in [2.75, 3.05) is 6.54 Å². The van der Waals surface area contributed by atoms with E-state index in [1.807, 2.05) is 0 Å². The summed E-state index contributed by atoms with van der Waals surface area (Å²) in [6.45, 7) is 0.224. The van der Waals surface area contributed by atoms with Gasteiger partial charge in [-0.05, 0) is 55.7 Å². The van der Waals surface area contributed by atoms with Crippen molar-refractivity contribution in [1.29, 1.82) is 0 Å². The van der Waals surface area contributed by atoms with Gasteiger partial charge in [0.15, 0.2) is 5.78 Å². The van der Waals surface area contributed by atoms with Gasteiger partial charge in [-0.25, -0.2) is 18.4 Å². The molecule has 5 rings (SSSR count). The van der Waals surface area contributed by atoms with Crippen LogP contribution in [0, 0.1) is 0 Å². The molecule has 2 aromatic heterocycles. The molecule has 1 saturated heterocycles. The van der Waals surface area contributed by atoms with E-state index in [0.29, 0.717) is 40.8 Å². The molecule has 0 amide bonds. The number of halogens is 3. The summed E-state index contributed by atoms with van der Waals surface area (Å²) >= 11 is 0. The number of benzene rings is 2. The van der Waals surface area contributed by atoms with Crippen LogP contribution in [0.4, 0.5) is 13.2 Å². The normalized spacial score (nSPS) is 16.7. The number of hydrogen-bond donors (Lipinski definition) is 0. The SMILES string of the molecule is O=C(CCc1cc(-c2ccc(OC(F)(F)F)cc2)ncn1)C1CCCN1S(=O)(=O)c1cc2ccccc2o1. The number of alkyl halides is 3. The standard InChI is InChI=1S/C26H22F3N3O5S/c27-26(28,29)37-20-10-7-17(8-11-20)21-15-19(30-16-31-21)9-12-23(33)22-5-3-13-32(22)38(34,35)25-14-18-4-1-2-6-24(18)36-25/h1-2,4,6-8,10-11,14-16,22H,3,5,9,12-13H2. The minimum atomic E-state index is -4.78. The van der Waals surface area contributed by atoms with Crippen LogP contribution < -0.4 is 4.74 Å². The number of rotatable bonds is 8. The summed E-state index contributed by atoms with van der Waals surface area (Å²) in [5, 5.41) is 0.473. The maximum Gasteiger partial charge on any atom is 0.573 e. The third-order valence-corrected chi connectivity index (χ3v) is 8.04. The molecule has 0 bridgehead atoms. The van der Waals surface area contributed by atoms with Crippen LogP contribution in [0.3, 0.4) is 0 Å². The van der Waals surface area contributed by atoms with Gasteiger partial charge in [0, 0.05) is 35.7 Å². The number of hydrogen-bond acceptors (Lipinski definition) is 7. The van der Waals surface area contributed by atoms with E-state index in [9.17, 15) is 26.4 Å². The Hall–Kier alpha value is -3.77. The molecule has 2 aromatic carbocycles. The van der Waals surface area contributed by atoms with Crippen molar-refractivity contribution in [3.63, 3.8) is 0 Å². The maximum absolute atomic E-state index is 13.3. The van der Waals surface area contributed by atoms with Crippen molar-refractivity contribution < 1.29 is 35.5 Å². The Labute approximate surface area is 216 Å². The quantitative estimate of drug-likeness (QED) is 0.302. The highest BCUT2D eigenvalue weighted by atomic mass is 32.2. The van der Waals surface area contributed by atoms with Crippen LogP contribution in [0.15, 0.2) is 76.5 Å². The fourth-order valence-electron chi connectivity index (χ4n) is 4.49. The molecule has 8 nitrogen and oxygen atoms in total. The number of ketones is 1. The lowest BCUT2D eigenvalue weighted by Gasteiger charge is -2.21. The van der Waals surface area contributed by atoms with Crippen LogP contribution >= 0.6 is 0 Å². The smallest absolute Gasteiger partial charge is 0.443 e. The van der Waals surface area contributed by atoms with Gasteiger partial charge in [0.2, 0.25) is 5.09 Å². The Kier molecular flexibility index (Phi) is 6.93. The fraction of sp³-hybridized carbons (Fsp3) is 0.269. The first-order valence-electron chi connectivity index (χ1n) is 11.8. The molecule has 0 saturated carbocycles. The molecular weight excluding hydrogens is 523 g/mol.